The molecule has 1 aromatic heterocycles. The van der Waals surface area contributed by atoms with Crippen LogP contribution in [0.4, 0.5) is 5.69 Å². The SMILES string of the molecule is CC1(C)Oc2c(cc(Cl)c3oc(C(=O)O)cc(=O)c23)-c2ccc([N+](=O)[O-])cc21. The fraction of sp³-hybridized carbons (Fsp3) is 0.158. The molecule has 2 aromatic carbocycles. The Labute approximate surface area is 162 Å². The summed E-state index contributed by atoms with van der Waals surface area (Å²) in [5.41, 5.74) is -0.121. The first kappa shape index (κ1) is 18.0. The van der Waals surface area contributed by atoms with E-state index in [0.29, 0.717) is 16.7 Å². The number of aromatic carboxylic acids is 1. The largest absolute Gasteiger partial charge is 0.482 e. The van der Waals surface area contributed by atoms with Gasteiger partial charge in [-0.2, -0.15) is 0 Å². The van der Waals surface area contributed by atoms with Gasteiger partial charge in [0.1, 0.15) is 16.7 Å². The zero-order valence-corrected chi connectivity index (χ0v) is 15.4. The Hall–Kier alpha value is -3.39. The standard InChI is InChI=1S/C19H12ClNO7/c1-19(2)11-5-8(21(25)26)3-4-9(11)10-6-12(20)17-15(16(10)28-19)13(22)7-14(27-17)18(23)24/h3-7H,1-2H3,(H,23,24). The van der Waals surface area contributed by atoms with E-state index in [2.05, 4.69) is 0 Å². The van der Waals surface area contributed by atoms with E-state index in [1.54, 1.807) is 19.9 Å². The van der Waals surface area contributed by atoms with Crippen molar-refractivity contribution in [2.45, 2.75) is 19.4 Å². The molecule has 9 heteroatoms. The van der Waals surface area contributed by atoms with Crippen molar-refractivity contribution < 1.29 is 24.0 Å². The molecule has 0 spiro atoms. The lowest BCUT2D eigenvalue weighted by atomic mass is 9.85. The summed E-state index contributed by atoms with van der Waals surface area (Å²) in [5, 5.41) is 20.3. The first-order valence-electron chi connectivity index (χ1n) is 8.12. The molecule has 28 heavy (non-hydrogen) atoms. The number of hydrogen-bond acceptors (Lipinski definition) is 6. The molecule has 0 saturated carbocycles. The van der Waals surface area contributed by atoms with Crippen LogP contribution in [-0.2, 0) is 5.60 Å². The first-order chi connectivity index (χ1) is 13.1. The highest BCUT2D eigenvalue weighted by Crippen LogP contribution is 2.49. The number of benzene rings is 2. The van der Waals surface area contributed by atoms with E-state index in [9.17, 15) is 19.7 Å². The monoisotopic (exact) mass is 401 g/mol. The van der Waals surface area contributed by atoms with Crippen LogP contribution in [0.2, 0.25) is 5.02 Å². The zero-order chi connectivity index (χ0) is 20.4. The minimum absolute atomic E-state index is 0.0181. The van der Waals surface area contributed by atoms with Crippen LogP contribution in [0.5, 0.6) is 5.75 Å². The Kier molecular flexibility index (Phi) is 3.73. The molecule has 2 heterocycles. The maximum absolute atomic E-state index is 12.6. The summed E-state index contributed by atoms with van der Waals surface area (Å²) in [4.78, 5) is 34.5. The van der Waals surface area contributed by atoms with E-state index < -0.39 is 27.7 Å². The van der Waals surface area contributed by atoms with Gasteiger partial charge in [-0.05, 0) is 31.5 Å². The Morgan fingerprint density at radius 1 is 1.21 bits per heavy atom. The van der Waals surface area contributed by atoms with E-state index in [0.717, 1.165) is 6.07 Å². The molecule has 0 saturated heterocycles. The minimum Gasteiger partial charge on any atom is -0.482 e. The van der Waals surface area contributed by atoms with Crippen molar-refractivity contribution in [2.75, 3.05) is 0 Å². The van der Waals surface area contributed by atoms with Crippen molar-refractivity contribution in [2.24, 2.45) is 0 Å². The van der Waals surface area contributed by atoms with Crippen molar-refractivity contribution in [3.63, 3.8) is 0 Å². The number of hydrogen-bond donors (Lipinski definition) is 1. The van der Waals surface area contributed by atoms with Gasteiger partial charge >= 0.3 is 5.97 Å². The molecule has 3 aromatic rings. The molecule has 0 radical (unpaired) electrons. The number of ether oxygens (including phenoxy) is 1. The van der Waals surface area contributed by atoms with E-state index >= 15 is 0 Å². The first-order valence-corrected chi connectivity index (χ1v) is 8.50. The van der Waals surface area contributed by atoms with Crippen LogP contribution in [0, 0.1) is 10.1 Å². The van der Waals surface area contributed by atoms with Crippen LogP contribution in [-0.4, -0.2) is 16.0 Å². The Morgan fingerprint density at radius 3 is 2.57 bits per heavy atom. The van der Waals surface area contributed by atoms with Crippen LogP contribution in [0.3, 0.4) is 0 Å². The van der Waals surface area contributed by atoms with Gasteiger partial charge in [0.2, 0.25) is 5.76 Å². The summed E-state index contributed by atoms with van der Waals surface area (Å²) in [5.74, 6) is -1.74. The number of carboxylic acids is 1. The van der Waals surface area contributed by atoms with E-state index in [4.69, 9.17) is 25.9 Å². The fourth-order valence-electron chi connectivity index (χ4n) is 3.37. The van der Waals surface area contributed by atoms with Crippen LogP contribution in [0.1, 0.15) is 30.0 Å². The number of fused-ring (bicyclic) bond motifs is 5. The van der Waals surface area contributed by atoms with E-state index in [-0.39, 0.29) is 27.4 Å². The molecule has 0 atom stereocenters. The minimum atomic E-state index is -1.40. The van der Waals surface area contributed by atoms with Crippen molar-refractivity contribution in [3.05, 3.63) is 67.0 Å². The Morgan fingerprint density at radius 2 is 1.93 bits per heavy atom. The molecular weight excluding hydrogens is 390 g/mol. The average Bonchev–Trinajstić information content (AvgIpc) is 2.62. The van der Waals surface area contributed by atoms with Gasteiger partial charge in [-0.1, -0.05) is 11.6 Å². The van der Waals surface area contributed by atoms with Gasteiger partial charge in [-0.3, -0.25) is 14.9 Å². The van der Waals surface area contributed by atoms with Gasteiger partial charge in [0.05, 0.1) is 9.95 Å². The lowest BCUT2D eigenvalue weighted by Crippen LogP contribution is -2.30. The molecule has 142 valence electrons. The third kappa shape index (κ3) is 2.53. The maximum Gasteiger partial charge on any atom is 0.371 e. The predicted molar refractivity (Wildman–Crippen MR) is 100 cm³/mol. The molecule has 1 N–H and O–H groups in total. The lowest BCUT2D eigenvalue weighted by Gasteiger charge is -2.35. The third-order valence-electron chi connectivity index (χ3n) is 4.63. The second-order valence-corrected chi connectivity index (χ2v) is 7.23. The van der Waals surface area contributed by atoms with Crippen LogP contribution in [0.25, 0.3) is 22.1 Å². The van der Waals surface area contributed by atoms with Crippen molar-refractivity contribution in [3.8, 4) is 16.9 Å². The normalized spacial score (nSPS) is 14.1. The summed E-state index contributed by atoms with van der Waals surface area (Å²) < 4.78 is 11.3. The zero-order valence-electron chi connectivity index (χ0n) is 14.6. The Balaban J connectivity index is 2.11. The van der Waals surface area contributed by atoms with Crippen molar-refractivity contribution >= 4 is 34.2 Å². The lowest BCUT2D eigenvalue weighted by molar-refractivity contribution is -0.385. The van der Waals surface area contributed by atoms with Gasteiger partial charge < -0.3 is 14.3 Å². The Bertz CT molecular complexity index is 1260. The van der Waals surface area contributed by atoms with Gasteiger partial charge in [-0.15, -0.1) is 0 Å². The van der Waals surface area contributed by atoms with Gasteiger partial charge in [0, 0.05) is 29.3 Å². The molecule has 1 aliphatic heterocycles. The van der Waals surface area contributed by atoms with Crippen molar-refractivity contribution in [1.29, 1.82) is 0 Å². The highest BCUT2D eigenvalue weighted by Gasteiger charge is 2.36. The number of nitro benzene ring substituents is 1. The van der Waals surface area contributed by atoms with Gasteiger partial charge in [0.25, 0.3) is 5.69 Å². The second kappa shape index (κ2) is 5.80. The molecule has 0 unspecified atom stereocenters. The topological polar surface area (TPSA) is 120 Å². The highest BCUT2D eigenvalue weighted by atomic mass is 35.5. The number of rotatable bonds is 2. The molecule has 4 rings (SSSR count). The van der Waals surface area contributed by atoms with Gasteiger partial charge in [-0.25, -0.2) is 4.79 Å². The number of nitro groups is 1. The fourth-order valence-corrected chi connectivity index (χ4v) is 3.61. The number of halogens is 1. The third-order valence-corrected chi connectivity index (χ3v) is 4.91. The smallest absolute Gasteiger partial charge is 0.371 e. The van der Waals surface area contributed by atoms with Crippen LogP contribution < -0.4 is 10.2 Å². The molecule has 0 fully saturated rings. The molecule has 0 aliphatic carbocycles. The average molecular weight is 402 g/mol. The van der Waals surface area contributed by atoms with E-state index in [1.165, 1.54) is 18.2 Å². The summed E-state index contributed by atoms with van der Waals surface area (Å²) in [6.07, 6.45) is 0. The van der Waals surface area contributed by atoms with Crippen molar-refractivity contribution in [1.82, 2.24) is 0 Å². The molecule has 1 aliphatic rings. The molecule has 8 nitrogen and oxygen atoms in total. The molecule has 0 bridgehead atoms. The summed E-state index contributed by atoms with van der Waals surface area (Å²) >= 11 is 6.27. The summed E-state index contributed by atoms with van der Waals surface area (Å²) in [6.45, 7) is 3.43. The second-order valence-electron chi connectivity index (χ2n) is 6.82. The highest BCUT2D eigenvalue weighted by molar-refractivity contribution is 6.35. The maximum atomic E-state index is 12.6. The molecular formula is C19H12ClNO7. The van der Waals surface area contributed by atoms with Crippen LogP contribution in [0.15, 0.2) is 39.5 Å². The number of nitrogens with zero attached hydrogens (tertiary/aromatic N) is 1. The summed E-state index contributed by atoms with van der Waals surface area (Å²) in [7, 11) is 0. The molecule has 0 amide bonds. The van der Waals surface area contributed by atoms with Crippen LogP contribution >= 0.6 is 11.6 Å². The quantitative estimate of drug-likeness (QED) is 0.500. The number of carbonyl (C=O) groups is 1. The summed E-state index contributed by atoms with van der Waals surface area (Å²) in [6, 6.07) is 6.72. The number of non-ortho nitro benzene ring substituents is 1. The predicted octanol–water partition coefficient (Wildman–Crippen LogP) is 4.35. The van der Waals surface area contributed by atoms with E-state index in [1.807, 2.05) is 0 Å². The van der Waals surface area contributed by atoms with Gasteiger partial charge in [0.15, 0.2) is 11.0 Å². The number of carboxylic acid groups (broad SMARTS) is 1.